The zero-order valence-corrected chi connectivity index (χ0v) is 15.8. The Morgan fingerprint density at radius 3 is 2.30 bits per heavy atom. The van der Waals surface area contributed by atoms with Gasteiger partial charge in [0.1, 0.15) is 0 Å². The maximum Gasteiger partial charge on any atom is 0.353 e. The summed E-state index contributed by atoms with van der Waals surface area (Å²) in [4.78, 5) is 46.8. The monoisotopic (exact) mass is 402 g/mol. The van der Waals surface area contributed by atoms with Crippen LogP contribution in [0.15, 0.2) is 24.3 Å². The van der Waals surface area contributed by atoms with Crippen LogP contribution in [-0.2, 0) is 32.7 Å². The van der Waals surface area contributed by atoms with Gasteiger partial charge < -0.3 is 19.1 Å². The van der Waals surface area contributed by atoms with Gasteiger partial charge in [-0.05, 0) is 19.9 Å². The Labute approximate surface area is 154 Å². The van der Waals surface area contributed by atoms with Crippen LogP contribution in [-0.4, -0.2) is 48.6 Å². The van der Waals surface area contributed by atoms with Gasteiger partial charge in [0.15, 0.2) is 0 Å². The van der Waals surface area contributed by atoms with Crippen molar-refractivity contribution in [2.75, 3.05) is 25.6 Å². The van der Waals surface area contributed by atoms with Crippen molar-refractivity contribution in [2.24, 2.45) is 0 Å². The number of Topliss-reactive ketones (excluding diaryl/α,β-unsaturated/α-hetero) is 1. The van der Waals surface area contributed by atoms with Crippen LogP contribution < -0.4 is 5.32 Å². The van der Waals surface area contributed by atoms with Gasteiger partial charge in [-0.25, -0.2) is 0 Å². The summed E-state index contributed by atoms with van der Waals surface area (Å²) < 4.78 is 27.2. The number of esters is 1. The molecule has 148 valence electrons. The maximum atomic E-state index is 12.8. The Morgan fingerprint density at radius 2 is 1.81 bits per heavy atom. The number of anilines is 1. The number of nitrogens with one attached hydrogen (secondary N) is 1. The van der Waals surface area contributed by atoms with Crippen LogP contribution in [0.2, 0.25) is 0 Å². The fourth-order valence-corrected chi connectivity index (χ4v) is 3.91. The lowest BCUT2D eigenvalue weighted by Crippen LogP contribution is -2.40. The minimum absolute atomic E-state index is 0.0613. The Kier molecular flexibility index (Phi) is 8.23. The molecule has 1 aromatic rings. The van der Waals surface area contributed by atoms with Gasteiger partial charge in [-0.3, -0.25) is 29.1 Å². The van der Waals surface area contributed by atoms with Crippen molar-refractivity contribution in [3.8, 4) is 0 Å². The highest BCUT2D eigenvalue weighted by molar-refractivity contribution is 7.57. The summed E-state index contributed by atoms with van der Waals surface area (Å²) in [6, 6.07) is 4.80. The number of benzene rings is 1. The van der Waals surface area contributed by atoms with Crippen LogP contribution in [0.5, 0.6) is 0 Å². The van der Waals surface area contributed by atoms with Gasteiger partial charge in [-0.1, -0.05) is 6.07 Å². The predicted molar refractivity (Wildman–Crippen MR) is 93.4 cm³/mol. The first-order chi connectivity index (χ1) is 12.7. The zero-order valence-electron chi connectivity index (χ0n) is 14.9. The van der Waals surface area contributed by atoms with E-state index in [2.05, 4.69) is 10.1 Å². The number of carbonyl (C=O) groups is 3. The lowest BCUT2D eigenvalue weighted by molar-refractivity contribution is -0.384. The van der Waals surface area contributed by atoms with Gasteiger partial charge >= 0.3 is 13.6 Å². The summed E-state index contributed by atoms with van der Waals surface area (Å²) in [5.41, 5.74) is -2.51. The molecule has 0 spiro atoms. The molecule has 12 heteroatoms. The lowest BCUT2D eigenvalue weighted by Gasteiger charge is -2.23. The van der Waals surface area contributed by atoms with E-state index in [0.29, 0.717) is 0 Å². The van der Waals surface area contributed by atoms with Crippen molar-refractivity contribution in [1.29, 1.82) is 0 Å². The summed E-state index contributed by atoms with van der Waals surface area (Å²) in [6.45, 7) is 2.64. The zero-order chi connectivity index (χ0) is 20.6. The molecule has 0 aromatic heterocycles. The van der Waals surface area contributed by atoms with Gasteiger partial charge in [0, 0.05) is 17.8 Å². The molecular weight excluding hydrogens is 383 g/mol. The van der Waals surface area contributed by atoms with Crippen molar-refractivity contribution in [3.05, 3.63) is 34.4 Å². The summed E-state index contributed by atoms with van der Waals surface area (Å²) in [5, 5.41) is 12.9. The molecule has 0 aliphatic heterocycles. The van der Waals surface area contributed by atoms with Crippen molar-refractivity contribution in [2.45, 2.75) is 19.5 Å². The van der Waals surface area contributed by atoms with E-state index in [-0.39, 0.29) is 24.6 Å². The Morgan fingerprint density at radius 1 is 1.22 bits per heavy atom. The third kappa shape index (κ3) is 5.68. The molecule has 1 amide bonds. The first-order valence-corrected chi connectivity index (χ1v) is 9.37. The molecule has 0 bridgehead atoms. The van der Waals surface area contributed by atoms with E-state index in [1.54, 1.807) is 0 Å². The second-order valence-corrected chi connectivity index (χ2v) is 7.04. The van der Waals surface area contributed by atoms with E-state index in [1.807, 2.05) is 0 Å². The van der Waals surface area contributed by atoms with E-state index >= 15 is 0 Å². The number of non-ortho nitro benzene ring substituents is 1. The molecule has 0 saturated heterocycles. The molecule has 1 rings (SSSR count). The number of ketones is 1. The van der Waals surface area contributed by atoms with Crippen molar-refractivity contribution < 1.29 is 37.7 Å². The summed E-state index contributed by atoms with van der Waals surface area (Å²) in [6.07, 6.45) is 0. The Bertz CT molecular complexity index is 770. The van der Waals surface area contributed by atoms with E-state index in [9.17, 15) is 29.1 Å². The first-order valence-electron chi connectivity index (χ1n) is 7.76. The normalized spacial score (nSPS) is 12.1. The number of nitro benzene ring substituents is 1. The topological polar surface area (TPSA) is 151 Å². The molecule has 0 aliphatic carbocycles. The SMILES string of the molecule is CCOP(=O)(OCC)[C@H](C(=O)OC)C(=O)C(=O)Nc1cccc([N+](=O)[O-])c1. The first kappa shape index (κ1) is 22.4. The number of hydrogen-bond acceptors (Lipinski definition) is 9. The lowest BCUT2D eigenvalue weighted by atomic mass is 10.2. The highest BCUT2D eigenvalue weighted by atomic mass is 31.2. The van der Waals surface area contributed by atoms with Crippen LogP contribution >= 0.6 is 7.60 Å². The molecule has 1 N–H and O–H groups in total. The van der Waals surface area contributed by atoms with Gasteiger partial charge in [-0.2, -0.15) is 0 Å². The van der Waals surface area contributed by atoms with Crippen LogP contribution in [0, 0.1) is 10.1 Å². The van der Waals surface area contributed by atoms with Crippen LogP contribution in [0.1, 0.15) is 13.8 Å². The van der Waals surface area contributed by atoms with Gasteiger partial charge in [0.2, 0.25) is 11.4 Å². The van der Waals surface area contributed by atoms with Crippen LogP contribution in [0.25, 0.3) is 0 Å². The minimum Gasteiger partial charge on any atom is -0.468 e. The number of ether oxygens (including phenoxy) is 1. The van der Waals surface area contributed by atoms with Crippen LogP contribution in [0.3, 0.4) is 0 Å². The van der Waals surface area contributed by atoms with E-state index < -0.39 is 35.8 Å². The minimum atomic E-state index is -4.34. The Balaban J connectivity index is 3.16. The quantitative estimate of drug-likeness (QED) is 0.154. The molecule has 0 radical (unpaired) electrons. The molecule has 0 unspecified atom stereocenters. The summed E-state index contributed by atoms with van der Waals surface area (Å²) in [7, 11) is -3.39. The molecule has 0 fully saturated rings. The second kappa shape index (κ2) is 9.91. The molecule has 0 saturated carbocycles. The standard InChI is InChI=1S/C15H19N2O9P/c1-4-25-27(23,26-5-2)13(15(20)24-3)12(18)14(19)16-10-7-6-8-11(9-10)17(21)22/h6-9,13H,4-5H2,1-3H3,(H,16,19)/t13-/m0/s1. The smallest absolute Gasteiger partial charge is 0.353 e. The predicted octanol–water partition coefficient (Wildman–Crippen LogP) is 1.91. The van der Waals surface area contributed by atoms with Crippen LogP contribution in [0.4, 0.5) is 11.4 Å². The molecule has 27 heavy (non-hydrogen) atoms. The largest absolute Gasteiger partial charge is 0.468 e. The molecule has 11 nitrogen and oxygen atoms in total. The molecule has 0 aliphatic rings. The number of rotatable bonds is 10. The van der Waals surface area contributed by atoms with Crippen molar-refractivity contribution in [1.82, 2.24) is 0 Å². The van der Waals surface area contributed by atoms with Gasteiger partial charge in [0.05, 0.1) is 25.2 Å². The summed E-state index contributed by atoms with van der Waals surface area (Å²) >= 11 is 0. The fourth-order valence-electron chi connectivity index (χ4n) is 2.05. The van der Waals surface area contributed by atoms with Gasteiger partial charge in [0.25, 0.3) is 11.6 Å². The third-order valence-electron chi connectivity index (χ3n) is 3.15. The average molecular weight is 402 g/mol. The second-order valence-electron chi connectivity index (χ2n) is 4.93. The van der Waals surface area contributed by atoms with Crippen molar-refractivity contribution in [3.63, 3.8) is 0 Å². The maximum absolute atomic E-state index is 12.8. The highest BCUT2D eigenvalue weighted by Crippen LogP contribution is 2.53. The van der Waals surface area contributed by atoms with Crippen molar-refractivity contribution >= 4 is 36.6 Å². The number of amides is 1. The van der Waals surface area contributed by atoms with E-state index in [4.69, 9.17) is 9.05 Å². The summed E-state index contributed by atoms with van der Waals surface area (Å²) in [5.74, 6) is -4.01. The highest BCUT2D eigenvalue weighted by Gasteiger charge is 2.49. The Hall–Kier alpha value is -2.62. The number of nitro groups is 1. The molecule has 1 aromatic carbocycles. The molecule has 1 atom stereocenters. The number of hydrogen-bond donors (Lipinski definition) is 1. The third-order valence-corrected chi connectivity index (χ3v) is 5.46. The average Bonchev–Trinajstić information content (AvgIpc) is 2.62. The molecular formula is C15H19N2O9P. The van der Waals surface area contributed by atoms with E-state index in [1.165, 1.54) is 32.0 Å². The fraction of sp³-hybridized carbons (Fsp3) is 0.400. The molecule has 0 heterocycles. The van der Waals surface area contributed by atoms with Gasteiger partial charge in [-0.15, -0.1) is 0 Å². The number of methoxy groups -OCH3 is 1. The van der Waals surface area contributed by atoms with E-state index in [0.717, 1.165) is 13.2 Å². The number of nitrogens with zero attached hydrogens (tertiary/aromatic N) is 1. The number of carbonyl (C=O) groups excluding carboxylic acids is 3.